The lowest BCUT2D eigenvalue weighted by Gasteiger charge is -2.08. The first-order chi connectivity index (χ1) is 13.0. The van der Waals surface area contributed by atoms with Crippen molar-refractivity contribution in [2.24, 2.45) is 0 Å². The third kappa shape index (κ3) is 4.17. The summed E-state index contributed by atoms with van der Waals surface area (Å²) in [7, 11) is 3.16. The van der Waals surface area contributed by atoms with Crippen molar-refractivity contribution in [3.05, 3.63) is 52.8 Å². The Balaban J connectivity index is 1.67. The van der Waals surface area contributed by atoms with Crippen LogP contribution in [-0.4, -0.2) is 35.9 Å². The Morgan fingerprint density at radius 1 is 1.15 bits per heavy atom. The Kier molecular flexibility index (Phi) is 5.56. The molecule has 140 valence electrons. The van der Waals surface area contributed by atoms with E-state index in [1.165, 1.54) is 30.5 Å². The zero-order chi connectivity index (χ0) is 19.4. The standard InChI is InChI=1S/C19H18N2O5S/c1-11(22)13-6-15(20-8-13)19(23)26-9-14-10-27-18(21-14)12-4-5-16(24-2)17(7-12)25-3/h4-8,10,20H,9H2,1-3H3. The van der Waals surface area contributed by atoms with Crippen molar-refractivity contribution in [3.8, 4) is 22.1 Å². The smallest absolute Gasteiger partial charge is 0.355 e. The van der Waals surface area contributed by atoms with Crippen LogP contribution in [0.25, 0.3) is 10.6 Å². The second-order valence-electron chi connectivity index (χ2n) is 5.65. The third-order valence-corrected chi connectivity index (χ3v) is 4.78. The van der Waals surface area contributed by atoms with Gasteiger partial charge < -0.3 is 19.2 Å². The SMILES string of the molecule is COc1ccc(-c2nc(COC(=O)c3cc(C(C)=O)c[nH]3)cs2)cc1OC. The highest BCUT2D eigenvalue weighted by atomic mass is 32.1. The zero-order valence-electron chi connectivity index (χ0n) is 15.1. The van der Waals surface area contributed by atoms with E-state index in [1.54, 1.807) is 14.2 Å². The molecule has 8 heteroatoms. The van der Waals surface area contributed by atoms with Gasteiger partial charge in [-0.2, -0.15) is 0 Å². The van der Waals surface area contributed by atoms with Crippen molar-refractivity contribution in [2.75, 3.05) is 14.2 Å². The number of nitrogens with zero attached hydrogens (tertiary/aromatic N) is 1. The number of methoxy groups -OCH3 is 2. The lowest BCUT2D eigenvalue weighted by atomic mass is 10.2. The second kappa shape index (κ2) is 8.05. The lowest BCUT2D eigenvalue weighted by molar-refractivity contribution is 0.0462. The average molecular weight is 386 g/mol. The summed E-state index contributed by atoms with van der Waals surface area (Å²) in [6.07, 6.45) is 1.48. The summed E-state index contributed by atoms with van der Waals surface area (Å²) >= 11 is 1.44. The minimum Gasteiger partial charge on any atom is -0.493 e. The van der Waals surface area contributed by atoms with Crippen LogP contribution in [0, 0.1) is 0 Å². The molecule has 2 heterocycles. The van der Waals surface area contributed by atoms with Gasteiger partial charge in [0.1, 0.15) is 17.3 Å². The zero-order valence-corrected chi connectivity index (χ0v) is 15.9. The molecule has 1 N–H and O–H groups in total. The molecule has 0 saturated carbocycles. The molecule has 0 atom stereocenters. The average Bonchev–Trinajstić information content (AvgIpc) is 3.35. The first-order valence-electron chi connectivity index (χ1n) is 8.05. The van der Waals surface area contributed by atoms with Gasteiger partial charge in [-0.15, -0.1) is 11.3 Å². The Bertz CT molecular complexity index is 976. The van der Waals surface area contributed by atoms with E-state index in [0.717, 1.165) is 10.6 Å². The molecular formula is C19H18N2O5S. The topological polar surface area (TPSA) is 90.5 Å². The van der Waals surface area contributed by atoms with Crippen LogP contribution in [0.5, 0.6) is 11.5 Å². The van der Waals surface area contributed by atoms with E-state index in [2.05, 4.69) is 9.97 Å². The lowest BCUT2D eigenvalue weighted by Crippen LogP contribution is -2.05. The highest BCUT2D eigenvalue weighted by Crippen LogP contribution is 2.33. The maximum absolute atomic E-state index is 12.1. The van der Waals surface area contributed by atoms with E-state index < -0.39 is 5.97 Å². The number of esters is 1. The van der Waals surface area contributed by atoms with Gasteiger partial charge in [0, 0.05) is 22.7 Å². The van der Waals surface area contributed by atoms with E-state index in [-0.39, 0.29) is 18.1 Å². The number of carbonyl (C=O) groups excluding carboxylic acids is 2. The van der Waals surface area contributed by atoms with Crippen LogP contribution >= 0.6 is 11.3 Å². The summed E-state index contributed by atoms with van der Waals surface area (Å²) in [5.74, 6) is 0.599. The maximum Gasteiger partial charge on any atom is 0.355 e. The van der Waals surface area contributed by atoms with Crippen molar-refractivity contribution >= 4 is 23.1 Å². The summed E-state index contributed by atoms with van der Waals surface area (Å²) in [4.78, 5) is 30.6. The van der Waals surface area contributed by atoms with Crippen molar-refractivity contribution < 1.29 is 23.8 Å². The van der Waals surface area contributed by atoms with E-state index in [4.69, 9.17) is 14.2 Å². The number of aromatic nitrogens is 2. The van der Waals surface area contributed by atoms with Crippen LogP contribution in [0.1, 0.15) is 33.5 Å². The molecule has 0 saturated heterocycles. The van der Waals surface area contributed by atoms with Gasteiger partial charge in [0.15, 0.2) is 17.3 Å². The van der Waals surface area contributed by atoms with Crippen LogP contribution in [0.2, 0.25) is 0 Å². The van der Waals surface area contributed by atoms with Crippen LogP contribution in [0.4, 0.5) is 0 Å². The number of aromatic amines is 1. The highest BCUT2D eigenvalue weighted by Gasteiger charge is 2.14. The van der Waals surface area contributed by atoms with Crippen molar-refractivity contribution in [2.45, 2.75) is 13.5 Å². The number of nitrogens with one attached hydrogen (secondary N) is 1. The van der Waals surface area contributed by atoms with Crippen LogP contribution < -0.4 is 9.47 Å². The maximum atomic E-state index is 12.1. The van der Waals surface area contributed by atoms with E-state index in [0.29, 0.717) is 22.8 Å². The van der Waals surface area contributed by atoms with Crippen LogP contribution in [0.15, 0.2) is 35.8 Å². The number of Topliss-reactive ketones (excluding diaryl/α,β-unsaturated/α-hetero) is 1. The molecule has 0 spiro atoms. The molecule has 0 aliphatic heterocycles. The summed E-state index contributed by atoms with van der Waals surface area (Å²) in [5.41, 5.74) is 2.18. The molecular weight excluding hydrogens is 368 g/mol. The molecule has 0 unspecified atom stereocenters. The summed E-state index contributed by atoms with van der Waals surface area (Å²) < 4.78 is 15.8. The van der Waals surface area contributed by atoms with Crippen molar-refractivity contribution in [1.82, 2.24) is 9.97 Å². The Labute approximate surface area is 159 Å². The molecule has 3 aromatic rings. The molecule has 0 amide bonds. The molecule has 0 radical (unpaired) electrons. The molecule has 27 heavy (non-hydrogen) atoms. The monoisotopic (exact) mass is 386 g/mol. The van der Waals surface area contributed by atoms with Gasteiger partial charge in [-0.3, -0.25) is 4.79 Å². The fourth-order valence-electron chi connectivity index (χ4n) is 2.41. The molecule has 0 aliphatic carbocycles. The highest BCUT2D eigenvalue weighted by molar-refractivity contribution is 7.13. The minimum absolute atomic E-state index is 0.0387. The minimum atomic E-state index is -0.539. The summed E-state index contributed by atoms with van der Waals surface area (Å²) in [6, 6.07) is 7.02. The Morgan fingerprint density at radius 2 is 1.93 bits per heavy atom. The van der Waals surface area contributed by atoms with Gasteiger partial charge >= 0.3 is 5.97 Å². The van der Waals surface area contributed by atoms with Gasteiger partial charge in [-0.05, 0) is 31.2 Å². The number of benzene rings is 1. The summed E-state index contributed by atoms with van der Waals surface area (Å²) in [5, 5.41) is 2.61. The molecule has 0 bridgehead atoms. The first-order valence-corrected chi connectivity index (χ1v) is 8.93. The predicted molar refractivity (Wildman–Crippen MR) is 101 cm³/mol. The molecule has 7 nitrogen and oxygen atoms in total. The number of hydrogen-bond donors (Lipinski definition) is 1. The molecule has 0 fully saturated rings. The van der Waals surface area contributed by atoms with E-state index in [9.17, 15) is 9.59 Å². The number of H-pyrrole nitrogens is 1. The molecule has 2 aromatic heterocycles. The van der Waals surface area contributed by atoms with E-state index in [1.807, 2.05) is 23.6 Å². The molecule has 3 rings (SSSR count). The quantitative estimate of drug-likeness (QED) is 0.492. The van der Waals surface area contributed by atoms with Crippen molar-refractivity contribution in [3.63, 3.8) is 0 Å². The number of thiazole rings is 1. The van der Waals surface area contributed by atoms with E-state index >= 15 is 0 Å². The number of ether oxygens (including phenoxy) is 3. The van der Waals surface area contributed by atoms with Gasteiger partial charge in [0.2, 0.25) is 0 Å². The third-order valence-electron chi connectivity index (χ3n) is 3.84. The first kappa shape index (κ1) is 18.7. The Hall–Kier alpha value is -3.13. The van der Waals surface area contributed by atoms with Gasteiger partial charge in [0.05, 0.1) is 19.9 Å². The number of hydrogen-bond acceptors (Lipinski definition) is 7. The normalized spacial score (nSPS) is 10.5. The van der Waals surface area contributed by atoms with Gasteiger partial charge in [-0.1, -0.05) is 0 Å². The number of rotatable bonds is 7. The Morgan fingerprint density at radius 3 is 2.59 bits per heavy atom. The van der Waals surface area contributed by atoms with Crippen LogP contribution in [-0.2, 0) is 11.3 Å². The summed E-state index contributed by atoms with van der Waals surface area (Å²) in [6.45, 7) is 1.47. The van der Waals surface area contributed by atoms with Gasteiger partial charge in [-0.25, -0.2) is 9.78 Å². The fraction of sp³-hybridized carbons (Fsp3) is 0.211. The fourth-order valence-corrected chi connectivity index (χ4v) is 3.21. The van der Waals surface area contributed by atoms with Crippen molar-refractivity contribution in [1.29, 1.82) is 0 Å². The second-order valence-corrected chi connectivity index (χ2v) is 6.51. The largest absolute Gasteiger partial charge is 0.493 e. The number of ketones is 1. The predicted octanol–water partition coefficient (Wildman–Crippen LogP) is 3.72. The number of carbonyl (C=O) groups is 2. The van der Waals surface area contributed by atoms with Crippen LogP contribution in [0.3, 0.4) is 0 Å². The molecule has 1 aromatic carbocycles. The van der Waals surface area contributed by atoms with Gasteiger partial charge in [0.25, 0.3) is 0 Å². The molecule has 0 aliphatic rings.